The maximum Gasteiger partial charge on any atom is 0.0794 e. The molecule has 1 heterocycles. The first-order valence-corrected chi connectivity index (χ1v) is 6.79. The van der Waals surface area contributed by atoms with Crippen LogP contribution in [0.15, 0.2) is 11.7 Å². The van der Waals surface area contributed by atoms with Crippen LogP contribution < -0.4 is 0 Å². The largest absolute Gasteiger partial charge is 0.392 e. The molecule has 0 bridgehead atoms. The fourth-order valence-electron chi connectivity index (χ4n) is 2.41. The van der Waals surface area contributed by atoms with Gasteiger partial charge in [-0.3, -0.25) is 4.98 Å². The van der Waals surface area contributed by atoms with Crippen LogP contribution in [0.1, 0.15) is 43.4 Å². The van der Waals surface area contributed by atoms with Crippen LogP contribution in [-0.2, 0) is 6.42 Å². The molecule has 0 saturated heterocycles. The summed E-state index contributed by atoms with van der Waals surface area (Å²) in [6.07, 6.45) is 10.2. The van der Waals surface area contributed by atoms with Gasteiger partial charge in [0.05, 0.1) is 11.6 Å². The first kappa shape index (κ1) is 11.1. The van der Waals surface area contributed by atoms with E-state index in [0.717, 1.165) is 6.42 Å². The molecule has 2 nitrogen and oxygen atoms in total. The lowest BCUT2D eigenvalue weighted by Gasteiger charge is -2.20. The minimum Gasteiger partial charge on any atom is -0.392 e. The predicted octanol–water partition coefficient (Wildman–Crippen LogP) is 3.02. The quantitative estimate of drug-likeness (QED) is 0.802. The summed E-state index contributed by atoms with van der Waals surface area (Å²) in [5, 5.41) is 10.1. The highest BCUT2D eigenvalue weighted by molar-refractivity contribution is 7.09. The summed E-state index contributed by atoms with van der Waals surface area (Å²) in [6, 6.07) is 0. The molecule has 1 aromatic rings. The van der Waals surface area contributed by atoms with Crippen molar-refractivity contribution >= 4 is 11.3 Å². The second-order valence-corrected chi connectivity index (χ2v) is 5.46. The number of aliphatic hydroxyl groups excluding tert-OH is 1. The summed E-state index contributed by atoms with van der Waals surface area (Å²) < 4.78 is 0. The molecular formula is C12H19NOS. The zero-order valence-electron chi connectivity index (χ0n) is 9.06. The van der Waals surface area contributed by atoms with E-state index in [9.17, 15) is 5.11 Å². The molecule has 1 aromatic heterocycles. The third-order valence-corrected chi connectivity index (χ3v) is 4.14. The Hall–Kier alpha value is -0.410. The molecule has 1 saturated carbocycles. The highest BCUT2D eigenvalue weighted by Crippen LogP contribution is 2.27. The molecule has 84 valence electrons. The van der Waals surface area contributed by atoms with Crippen molar-refractivity contribution in [3.63, 3.8) is 0 Å². The van der Waals surface area contributed by atoms with Gasteiger partial charge in [-0.05, 0) is 18.8 Å². The summed E-state index contributed by atoms with van der Waals surface area (Å²) in [7, 11) is 0. The maximum absolute atomic E-state index is 10.1. The zero-order valence-corrected chi connectivity index (χ0v) is 9.88. The highest BCUT2D eigenvalue weighted by atomic mass is 32.1. The lowest BCUT2D eigenvalue weighted by Crippen LogP contribution is -2.22. The van der Waals surface area contributed by atoms with Crippen LogP contribution in [0.4, 0.5) is 0 Å². The van der Waals surface area contributed by atoms with E-state index in [1.54, 1.807) is 11.3 Å². The lowest BCUT2D eigenvalue weighted by atomic mass is 9.92. The van der Waals surface area contributed by atoms with Gasteiger partial charge in [-0.2, -0.15) is 0 Å². The second kappa shape index (κ2) is 5.61. The molecule has 1 fully saturated rings. The van der Waals surface area contributed by atoms with Gasteiger partial charge in [0.15, 0.2) is 0 Å². The van der Waals surface area contributed by atoms with E-state index in [-0.39, 0.29) is 6.10 Å². The SMILES string of the molecule is OC(Cc1cncs1)C1CCCCCC1. The molecule has 0 aromatic carbocycles. The van der Waals surface area contributed by atoms with Crippen LogP contribution in [-0.4, -0.2) is 16.2 Å². The smallest absolute Gasteiger partial charge is 0.0794 e. The van der Waals surface area contributed by atoms with Gasteiger partial charge in [0.2, 0.25) is 0 Å². The average Bonchev–Trinajstić information content (AvgIpc) is 2.58. The average molecular weight is 225 g/mol. The molecule has 1 aliphatic carbocycles. The maximum atomic E-state index is 10.1. The molecule has 0 spiro atoms. The van der Waals surface area contributed by atoms with Crippen molar-refractivity contribution in [1.29, 1.82) is 0 Å². The summed E-state index contributed by atoms with van der Waals surface area (Å²) in [5.74, 6) is 0.523. The molecule has 2 rings (SSSR count). The van der Waals surface area contributed by atoms with E-state index in [1.807, 2.05) is 11.7 Å². The van der Waals surface area contributed by atoms with Crippen molar-refractivity contribution in [2.24, 2.45) is 5.92 Å². The van der Waals surface area contributed by atoms with Gasteiger partial charge in [-0.25, -0.2) is 0 Å². The Labute approximate surface area is 95.4 Å². The molecule has 0 amide bonds. The third-order valence-electron chi connectivity index (χ3n) is 3.34. The Bertz CT molecular complexity index is 265. The van der Waals surface area contributed by atoms with E-state index in [2.05, 4.69) is 4.98 Å². The highest BCUT2D eigenvalue weighted by Gasteiger charge is 2.21. The van der Waals surface area contributed by atoms with E-state index in [0.29, 0.717) is 5.92 Å². The fraction of sp³-hybridized carbons (Fsp3) is 0.750. The van der Waals surface area contributed by atoms with Crippen LogP contribution in [0.2, 0.25) is 0 Å². The van der Waals surface area contributed by atoms with Gasteiger partial charge in [-0.1, -0.05) is 25.7 Å². The van der Waals surface area contributed by atoms with Crippen LogP contribution in [0, 0.1) is 5.92 Å². The number of aromatic nitrogens is 1. The van der Waals surface area contributed by atoms with E-state index >= 15 is 0 Å². The van der Waals surface area contributed by atoms with E-state index < -0.39 is 0 Å². The molecule has 1 unspecified atom stereocenters. The first-order chi connectivity index (χ1) is 7.36. The van der Waals surface area contributed by atoms with Gasteiger partial charge >= 0.3 is 0 Å². The Morgan fingerprint density at radius 3 is 2.67 bits per heavy atom. The van der Waals surface area contributed by atoms with Crippen LogP contribution in [0.25, 0.3) is 0 Å². The van der Waals surface area contributed by atoms with Crippen LogP contribution >= 0.6 is 11.3 Å². The zero-order chi connectivity index (χ0) is 10.5. The van der Waals surface area contributed by atoms with Gasteiger partial charge in [0.1, 0.15) is 0 Å². The van der Waals surface area contributed by atoms with Crippen molar-refractivity contribution in [3.8, 4) is 0 Å². The molecule has 0 aliphatic heterocycles. The van der Waals surface area contributed by atoms with Gasteiger partial charge in [-0.15, -0.1) is 11.3 Å². The molecular weight excluding hydrogens is 206 g/mol. The molecule has 0 radical (unpaired) electrons. The number of hydrogen-bond donors (Lipinski definition) is 1. The Kier molecular flexibility index (Phi) is 4.15. The Morgan fingerprint density at radius 1 is 1.33 bits per heavy atom. The summed E-state index contributed by atoms with van der Waals surface area (Å²) in [6.45, 7) is 0. The number of rotatable bonds is 3. The molecule has 1 aliphatic rings. The minimum atomic E-state index is -0.149. The van der Waals surface area contributed by atoms with Crippen LogP contribution in [0.5, 0.6) is 0 Å². The third kappa shape index (κ3) is 3.28. The topological polar surface area (TPSA) is 33.1 Å². The predicted molar refractivity (Wildman–Crippen MR) is 63.0 cm³/mol. The van der Waals surface area contributed by atoms with Crippen molar-refractivity contribution in [2.45, 2.75) is 51.0 Å². The van der Waals surface area contributed by atoms with Gasteiger partial charge in [0, 0.05) is 17.5 Å². The summed E-state index contributed by atoms with van der Waals surface area (Å²) >= 11 is 1.65. The fourth-order valence-corrected chi connectivity index (χ4v) is 3.06. The van der Waals surface area contributed by atoms with Crippen LogP contribution in [0.3, 0.4) is 0 Å². The first-order valence-electron chi connectivity index (χ1n) is 5.91. The number of aliphatic hydroxyl groups is 1. The number of thiazole rings is 1. The summed E-state index contributed by atoms with van der Waals surface area (Å²) in [5.41, 5.74) is 1.84. The molecule has 1 N–H and O–H groups in total. The molecule has 3 heteroatoms. The van der Waals surface area contributed by atoms with Gasteiger partial charge in [0.25, 0.3) is 0 Å². The number of hydrogen-bond acceptors (Lipinski definition) is 3. The Morgan fingerprint density at radius 2 is 2.07 bits per heavy atom. The van der Waals surface area contributed by atoms with Crippen molar-refractivity contribution < 1.29 is 5.11 Å². The monoisotopic (exact) mass is 225 g/mol. The lowest BCUT2D eigenvalue weighted by molar-refractivity contribution is 0.0993. The van der Waals surface area contributed by atoms with Crippen molar-refractivity contribution in [3.05, 3.63) is 16.6 Å². The normalized spacial score (nSPS) is 21.1. The molecule has 15 heavy (non-hydrogen) atoms. The minimum absolute atomic E-state index is 0.149. The Balaban J connectivity index is 1.86. The number of nitrogens with zero attached hydrogens (tertiary/aromatic N) is 1. The standard InChI is InChI=1S/C12H19NOS/c14-12(7-11-8-13-9-15-11)10-5-3-1-2-4-6-10/h8-10,12,14H,1-7H2. The van der Waals surface area contributed by atoms with Crippen molar-refractivity contribution in [2.75, 3.05) is 0 Å². The van der Waals surface area contributed by atoms with Gasteiger partial charge < -0.3 is 5.11 Å². The summed E-state index contributed by atoms with van der Waals surface area (Å²) in [4.78, 5) is 5.26. The van der Waals surface area contributed by atoms with Crippen molar-refractivity contribution in [1.82, 2.24) is 4.98 Å². The second-order valence-electron chi connectivity index (χ2n) is 4.49. The van der Waals surface area contributed by atoms with E-state index in [4.69, 9.17) is 0 Å². The van der Waals surface area contributed by atoms with E-state index in [1.165, 1.54) is 43.4 Å². The molecule has 1 atom stereocenters.